The van der Waals surface area contributed by atoms with Crippen molar-refractivity contribution in [1.29, 1.82) is 0 Å². The summed E-state index contributed by atoms with van der Waals surface area (Å²) in [5.41, 5.74) is 11.6. The molecule has 0 aliphatic carbocycles. The molecule has 0 atom stereocenters. The van der Waals surface area contributed by atoms with Gasteiger partial charge in [-0.15, -0.1) is 11.3 Å². The van der Waals surface area contributed by atoms with Gasteiger partial charge in [0.25, 0.3) is 0 Å². The summed E-state index contributed by atoms with van der Waals surface area (Å²) in [6.45, 7) is 0. The van der Waals surface area contributed by atoms with Crippen molar-refractivity contribution in [2.45, 2.75) is 0 Å². The Labute approximate surface area is 311 Å². The van der Waals surface area contributed by atoms with E-state index >= 15 is 0 Å². The largest absolute Gasteiger partial charge is 0.264 e. The van der Waals surface area contributed by atoms with Crippen LogP contribution in [0.2, 0.25) is 0 Å². The Morgan fingerprint density at radius 2 is 0.943 bits per heavy atom. The van der Waals surface area contributed by atoms with Crippen molar-refractivity contribution in [3.8, 4) is 67.3 Å². The first kappa shape index (κ1) is 31.0. The summed E-state index contributed by atoms with van der Waals surface area (Å²) < 4.78 is 2.63. The van der Waals surface area contributed by atoms with Gasteiger partial charge in [-0.2, -0.15) is 0 Å². The van der Waals surface area contributed by atoms with Gasteiger partial charge in [-0.3, -0.25) is 4.98 Å². The van der Waals surface area contributed by atoms with Crippen LogP contribution < -0.4 is 0 Å². The second-order valence-electron chi connectivity index (χ2n) is 13.3. The van der Waals surface area contributed by atoms with E-state index in [4.69, 9.17) is 9.97 Å². The molecule has 0 spiro atoms. The number of pyridine rings is 1. The van der Waals surface area contributed by atoms with Crippen molar-refractivity contribution < 1.29 is 0 Å². The van der Waals surface area contributed by atoms with E-state index in [0.29, 0.717) is 5.82 Å². The third-order valence-electron chi connectivity index (χ3n) is 10.0. The zero-order valence-corrected chi connectivity index (χ0v) is 29.5. The maximum absolute atomic E-state index is 5.22. The fourth-order valence-electron chi connectivity index (χ4n) is 7.26. The molecule has 0 aliphatic heterocycles. The highest BCUT2D eigenvalue weighted by Crippen LogP contribution is 2.38. The fourth-order valence-corrected chi connectivity index (χ4v) is 8.34. The lowest BCUT2D eigenvalue weighted by Gasteiger charge is -2.13. The molecule has 3 heterocycles. The molecule has 0 saturated heterocycles. The van der Waals surface area contributed by atoms with Gasteiger partial charge < -0.3 is 0 Å². The summed E-state index contributed by atoms with van der Waals surface area (Å²) in [6, 6.07) is 62.5. The number of nitrogens with zero attached hydrogens (tertiary/aromatic N) is 3. The van der Waals surface area contributed by atoms with Crippen LogP contribution in [0.4, 0.5) is 0 Å². The molecule has 0 bridgehead atoms. The molecule has 0 N–H and O–H groups in total. The highest BCUT2D eigenvalue weighted by molar-refractivity contribution is 7.25. The van der Waals surface area contributed by atoms with Crippen LogP contribution in [-0.4, -0.2) is 15.0 Å². The lowest BCUT2D eigenvalue weighted by Crippen LogP contribution is -1.97. The molecular weight excluding hydrogens is 663 g/mol. The standard InChI is InChI=1S/C49H31N3S/c1-2-9-37-28-38(24-19-32(37)8-1)33-15-20-35(21-16-33)45-30-46(52-49(51-45)43-13-4-3-11-41(43)40-10-7-27-50-31-40)36-22-17-34(18-23-36)39-25-26-48-44(29-39)42-12-5-6-14-47(42)53-48/h1-31H. The topological polar surface area (TPSA) is 38.7 Å². The van der Waals surface area contributed by atoms with E-state index in [2.05, 4.69) is 169 Å². The van der Waals surface area contributed by atoms with Crippen LogP contribution in [-0.2, 0) is 0 Å². The molecule has 0 aliphatic rings. The maximum atomic E-state index is 5.22. The molecule has 0 amide bonds. The van der Waals surface area contributed by atoms with Gasteiger partial charge in [-0.25, -0.2) is 9.97 Å². The van der Waals surface area contributed by atoms with Crippen molar-refractivity contribution in [3.05, 3.63) is 188 Å². The van der Waals surface area contributed by atoms with E-state index in [-0.39, 0.29) is 0 Å². The van der Waals surface area contributed by atoms with Gasteiger partial charge in [0.2, 0.25) is 0 Å². The zero-order valence-electron chi connectivity index (χ0n) is 28.6. The molecule has 0 fully saturated rings. The van der Waals surface area contributed by atoms with Crippen molar-refractivity contribution in [2.75, 3.05) is 0 Å². The minimum atomic E-state index is 0.675. The van der Waals surface area contributed by atoms with Gasteiger partial charge in [0.15, 0.2) is 5.82 Å². The summed E-state index contributed by atoms with van der Waals surface area (Å²) in [5, 5.41) is 5.09. The lowest BCUT2D eigenvalue weighted by atomic mass is 9.98. The molecule has 10 aromatic rings. The normalized spacial score (nSPS) is 11.4. The molecule has 0 radical (unpaired) electrons. The summed E-state index contributed by atoms with van der Waals surface area (Å²) in [6.07, 6.45) is 3.69. The Morgan fingerprint density at radius 3 is 1.68 bits per heavy atom. The Hall–Kier alpha value is -6.75. The zero-order chi connectivity index (χ0) is 35.1. The Balaban J connectivity index is 1.06. The van der Waals surface area contributed by atoms with Crippen molar-refractivity contribution in [2.24, 2.45) is 0 Å². The second kappa shape index (κ2) is 13.1. The highest BCUT2D eigenvalue weighted by Gasteiger charge is 2.15. The van der Waals surface area contributed by atoms with Gasteiger partial charge >= 0.3 is 0 Å². The third kappa shape index (κ3) is 5.85. The molecule has 3 aromatic heterocycles. The smallest absolute Gasteiger partial charge is 0.161 e. The first-order valence-electron chi connectivity index (χ1n) is 17.7. The van der Waals surface area contributed by atoms with Crippen LogP contribution >= 0.6 is 11.3 Å². The van der Waals surface area contributed by atoms with Gasteiger partial charge in [0.05, 0.1) is 11.4 Å². The van der Waals surface area contributed by atoms with Gasteiger partial charge in [-0.1, -0.05) is 140 Å². The predicted molar refractivity (Wildman–Crippen MR) is 223 cm³/mol. The molecule has 7 aromatic carbocycles. The van der Waals surface area contributed by atoms with Gasteiger partial charge in [0.1, 0.15) is 0 Å². The van der Waals surface area contributed by atoms with E-state index in [1.165, 1.54) is 53.2 Å². The minimum Gasteiger partial charge on any atom is -0.264 e. The van der Waals surface area contributed by atoms with Crippen LogP contribution in [0.1, 0.15) is 0 Å². The molecule has 53 heavy (non-hydrogen) atoms. The lowest BCUT2D eigenvalue weighted by molar-refractivity contribution is 1.18. The maximum Gasteiger partial charge on any atom is 0.161 e. The molecule has 10 rings (SSSR count). The van der Waals surface area contributed by atoms with E-state index in [9.17, 15) is 0 Å². The van der Waals surface area contributed by atoms with Gasteiger partial charge in [0, 0.05) is 54.8 Å². The fraction of sp³-hybridized carbons (Fsp3) is 0. The van der Waals surface area contributed by atoms with Crippen LogP contribution in [0, 0.1) is 0 Å². The van der Waals surface area contributed by atoms with Crippen LogP contribution in [0.5, 0.6) is 0 Å². The number of hydrogen-bond acceptors (Lipinski definition) is 4. The predicted octanol–water partition coefficient (Wildman–Crippen LogP) is 13.4. The van der Waals surface area contributed by atoms with Crippen molar-refractivity contribution in [3.63, 3.8) is 0 Å². The Bertz CT molecular complexity index is 2930. The molecule has 0 unspecified atom stereocenters. The van der Waals surface area contributed by atoms with Crippen LogP contribution in [0.15, 0.2) is 188 Å². The Morgan fingerprint density at radius 1 is 0.358 bits per heavy atom. The molecule has 3 nitrogen and oxygen atoms in total. The van der Waals surface area contributed by atoms with E-state index in [1.54, 1.807) is 6.20 Å². The summed E-state index contributed by atoms with van der Waals surface area (Å²) in [4.78, 5) is 14.8. The summed E-state index contributed by atoms with van der Waals surface area (Å²) in [5.74, 6) is 0.675. The van der Waals surface area contributed by atoms with E-state index in [1.807, 2.05) is 29.7 Å². The first-order chi connectivity index (χ1) is 26.2. The van der Waals surface area contributed by atoms with Crippen LogP contribution in [0.25, 0.3) is 98.2 Å². The molecule has 0 saturated carbocycles. The highest BCUT2D eigenvalue weighted by atomic mass is 32.1. The number of fused-ring (bicyclic) bond motifs is 4. The number of benzene rings is 7. The van der Waals surface area contributed by atoms with E-state index in [0.717, 1.165) is 39.2 Å². The molecular formula is C49H31N3S. The van der Waals surface area contributed by atoms with E-state index < -0.39 is 0 Å². The first-order valence-corrected chi connectivity index (χ1v) is 18.6. The quantitative estimate of drug-likeness (QED) is 0.174. The van der Waals surface area contributed by atoms with Gasteiger partial charge in [-0.05, 0) is 75.0 Å². The van der Waals surface area contributed by atoms with Crippen molar-refractivity contribution >= 4 is 42.3 Å². The summed E-state index contributed by atoms with van der Waals surface area (Å²) >= 11 is 1.85. The molecule has 4 heteroatoms. The SMILES string of the molecule is c1cncc(-c2ccccc2-c2nc(-c3ccc(-c4ccc5ccccc5c4)cc3)cc(-c3ccc(-c4ccc5sc6ccccc6c5c4)cc3)n2)c1. The number of hydrogen-bond donors (Lipinski definition) is 0. The number of aromatic nitrogens is 3. The monoisotopic (exact) mass is 693 g/mol. The third-order valence-corrected chi connectivity index (χ3v) is 11.2. The average molecular weight is 694 g/mol. The Kier molecular flexibility index (Phi) is 7.67. The van der Waals surface area contributed by atoms with Crippen molar-refractivity contribution in [1.82, 2.24) is 15.0 Å². The van der Waals surface area contributed by atoms with Crippen LogP contribution in [0.3, 0.4) is 0 Å². The second-order valence-corrected chi connectivity index (χ2v) is 14.4. The summed E-state index contributed by atoms with van der Waals surface area (Å²) in [7, 11) is 0. The minimum absolute atomic E-state index is 0.675. The number of rotatable bonds is 6. The average Bonchev–Trinajstić information content (AvgIpc) is 3.62. The number of thiophene rings is 1. The molecule has 248 valence electrons.